The summed E-state index contributed by atoms with van der Waals surface area (Å²) in [4.78, 5) is 0. The Morgan fingerprint density at radius 2 is 1.97 bits per heavy atom. The molecular formula is C27H42F2O. The van der Waals surface area contributed by atoms with Crippen LogP contribution in [-0.4, -0.2) is 16.6 Å². The van der Waals surface area contributed by atoms with Crippen LogP contribution in [0.1, 0.15) is 98.3 Å². The quantitative estimate of drug-likeness (QED) is 0.461. The first-order valence-electron chi connectivity index (χ1n) is 12.1. The summed E-state index contributed by atoms with van der Waals surface area (Å²) in [5, 5.41) is 9.81. The molecule has 3 rings (SSSR count). The fourth-order valence-electron chi connectivity index (χ4n) is 6.65. The highest BCUT2D eigenvalue weighted by Gasteiger charge is 2.50. The fourth-order valence-corrected chi connectivity index (χ4v) is 6.65. The Balaban J connectivity index is 1.70. The molecule has 3 aliphatic carbocycles. The van der Waals surface area contributed by atoms with Crippen molar-refractivity contribution in [3.8, 4) is 0 Å². The minimum absolute atomic E-state index is 0.0577. The maximum atomic E-state index is 14.1. The number of fused-ring (bicyclic) bond motifs is 1. The number of halogens is 2. The Bertz CT molecular complexity index is 696. The van der Waals surface area contributed by atoms with Gasteiger partial charge in [-0.25, -0.2) is 8.78 Å². The lowest BCUT2D eigenvalue weighted by molar-refractivity contribution is -0.0970. The van der Waals surface area contributed by atoms with Gasteiger partial charge in [-0.1, -0.05) is 56.6 Å². The average Bonchev–Trinajstić information content (AvgIpc) is 2.99. The maximum absolute atomic E-state index is 14.1. The van der Waals surface area contributed by atoms with Gasteiger partial charge in [-0.2, -0.15) is 0 Å². The summed E-state index contributed by atoms with van der Waals surface area (Å²) >= 11 is 0. The zero-order valence-electron chi connectivity index (χ0n) is 19.6. The second-order valence-corrected chi connectivity index (χ2v) is 11.3. The average molecular weight is 421 g/mol. The normalized spacial score (nSPS) is 38.8. The highest BCUT2D eigenvalue weighted by Crippen LogP contribution is 2.60. The molecule has 3 heteroatoms. The molecule has 0 aromatic carbocycles. The Labute approximate surface area is 182 Å². The molecule has 3 saturated carbocycles. The van der Waals surface area contributed by atoms with Crippen molar-refractivity contribution in [2.24, 2.45) is 23.2 Å². The van der Waals surface area contributed by atoms with Crippen LogP contribution < -0.4 is 0 Å². The van der Waals surface area contributed by atoms with Crippen LogP contribution in [0.5, 0.6) is 0 Å². The van der Waals surface area contributed by atoms with E-state index in [9.17, 15) is 13.9 Å². The van der Waals surface area contributed by atoms with Crippen LogP contribution in [0.25, 0.3) is 0 Å². The zero-order chi connectivity index (χ0) is 22.2. The van der Waals surface area contributed by atoms with Crippen molar-refractivity contribution >= 4 is 0 Å². The molecule has 0 aromatic rings. The molecule has 0 saturated heterocycles. The number of rotatable bonds is 6. The van der Waals surface area contributed by atoms with E-state index < -0.39 is 11.5 Å². The molecule has 0 aromatic heterocycles. The van der Waals surface area contributed by atoms with E-state index in [0.29, 0.717) is 36.0 Å². The second kappa shape index (κ2) is 8.88. The third kappa shape index (κ3) is 5.44. The summed E-state index contributed by atoms with van der Waals surface area (Å²) in [6.07, 6.45) is 13.8. The van der Waals surface area contributed by atoms with Gasteiger partial charge in [0, 0.05) is 12.8 Å². The van der Waals surface area contributed by atoms with Crippen molar-refractivity contribution in [3.05, 3.63) is 35.5 Å². The Kier molecular flexibility index (Phi) is 7.02. The van der Waals surface area contributed by atoms with E-state index in [0.717, 1.165) is 30.4 Å². The molecule has 1 unspecified atom stereocenters. The fraction of sp³-hybridized carbons (Fsp3) is 0.778. The van der Waals surface area contributed by atoms with Crippen molar-refractivity contribution in [1.29, 1.82) is 0 Å². The van der Waals surface area contributed by atoms with Crippen LogP contribution in [0.2, 0.25) is 0 Å². The summed E-state index contributed by atoms with van der Waals surface area (Å²) in [5.41, 5.74) is 2.57. The molecule has 5 atom stereocenters. The SMILES string of the molecule is C=C1CC[C@@](O)(F)C/C1=C/C=C1\CCC[C@@]2(C)C1CC[C@@H]2[C@H](C)CCCC(C)(C)F. The monoisotopic (exact) mass is 420 g/mol. The Morgan fingerprint density at radius 1 is 1.23 bits per heavy atom. The molecule has 0 heterocycles. The molecule has 30 heavy (non-hydrogen) atoms. The molecule has 0 amide bonds. The van der Waals surface area contributed by atoms with Gasteiger partial charge in [0.25, 0.3) is 0 Å². The third-order valence-corrected chi connectivity index (χ3v) is 8.38. The minimum atomic E-state index is -2.09. The topological polar surface area (TPSA) is 20.2 Å². The predicted octanol–water partition coefficient (Wildman–Crippen LogP) is 8.01. The van der Waals surface area contributed by atoms with E-state index in [1.54, 1.807) is 13.8 Å². The largest absolute Gasteiger partial charge is 0.361 e. The van der Waals surface area contributed by atoms with Gasteiger partial charge in [0.05, 0.1) is 0 Å². The first kappa shape index (κ1) is 23.7. The summed E-state index contributed by atoms with van der Waals surface area (Å²) in [7, 11) is 0. The minimum Gasteiger partial charge on any atom is -0.361 e. The molecule has 0 bridgehead atoms. The van der Waals surface area contributed by atoms with E-state index in [2.05, 4.69) is 26.5 Å². The smallest absolute Gasteiger partial charge is 0.211 e. The van der Waals surface area contributed by atoms with Crippen molar-refractivity contribution in [1.82, 2.24) is 0 Å². The van der Waals surface area contributed by atoms with Crippen LogP contribution >= 0.6 is 0 Å². The van der Waals surface area contributed by atoms with E-state index in [-0.39, 0.29) is 12.8 Å². The second-order valence-electron chi connectivity index (χ2n) is 11.3. The van der Waals surface area contributed by atoms with Gasteiger partial charge in [-0.05, 0) is 87.5 Å². The van der Waals surface area contributed by atoms with Gasteiger partial charge < -0.3 is 5.11 Å². The van der Waals surface area contributed by atoms with Gasteiger partial charge in [-0.3, -0.25) is 0 Å². The number of aliphatic hydroxyl groups is 1. The molecule has 0 radical (unpaired) electrons. The molecule has 0 aliphatic heterocycles. The van der Waals surface area contributed by atoms with Crippen molar-refractivity contribution in [3.63, 3.8) is 0 Å². The summed E-state index contributed by atoms with van der Waals surface area (Å²) < 4.78 is 27.9. The van der Waals surface area contributed by atoms with Gasteiger partial charge in [0.15, 0.2) is 0 Å². The maximum Gasteiger partial charge on any atom is 0.211 e. The molecule has 3 aliphatic rings. The number of allylic oxidation sites excluding steroid dienone is 4. The van der Waals surface area contributed by atoms with Gasteiger partial charge in [0.2, 0.25) is 5.85 Å². The highest BCUT2D eigenvalue weighted by atomic mass is 19.2. The molecule has 1 N–H and O–H groups in total. The van der Waals surface area contributed by atoms with Gasteiger partial charge in [0.1, 0.15) is 5.67 Å². The highest BCUT2D eigenvalue weighted by molar-refractivity contribution is 5.37. The van der Waals surface area contributed by atoms with Crippen molar-refractivity contribution in [2.75, 3.05) is 0 Å². The summed E-state index contributed by atoms with van der Waals surface area (Å²) in [5.74, 6) is -0.176. The third-order valence-electron chi connectivity index (χ3n) is 8.38. The molecule has 0 spiro atoms. The van der Waals surface area contributed by atoms with Crippen LogP contribution in [0.4, 0.5) is 8.78 Å². The predicted molar refractivity (Wildman–Crippen MR) is 122 cm³/mol. The van der Waals surface area contributed by atoms with E-state index in [1.165, 1.54) is 31.3 Å². The van der Waals surface area contributed by atoms with Crippen molar-refractivity contribution < 1.29 is 13.9 Å². The van der Waals surface area contributed by atoms with E-state index in [4.69, 9.17) is 0 Å². The van der Waals surface area contributed by atoms with Crippen LogP contribution in [0.3, 0.4) is 0 Å². The van der Waals surface area contributed by atoms with Gasteiger partial charge >= 0.3 is 0 Å². The summed E-state index contributed by atoms with van der Waals surface area (Å²) in [6, 6.07) is 0. The molecule has 170 valence electrons. The number of hydrogen-bond donors (Lipinski definition) is 1. The van der Waals surface area contributed by atoms with Crippen LogP contribution in [-0.2, 0) is 0 Å². The first-order chi connectivity index (χ1) is 13.9. The lowest BCUT2D eigenvalue weighted by Gasteiger charge is -2.44. The number of hydrogen-bond acceptors (Lipinski definition) is 1. The van der Waals surface area contributed by atoms with Crippen LogP contribution in [0.15, 0.2) is 35.5 Å². The lowest BCUT2D eigenvalue weighted by atomic mass is 9.60. The van der Waals surface area contributed by atoms with E-state index in [1.807, 2.05) is 6.08 Å². The first-order valence-corrected chi connectivity index (χ1v) is 12.1. The Morgan fingerprint density at radius 3 is 2.67 bits per heavy atom. The summed E-state index contributed by atoms with van der Waals surface area (Å²) in [6.45, 7) is 12.3. The Hall–Kier alpha value is -0.960. The molecular weight excluding hydrogens is 378 g/mol. The van der Waals surface area contributed by atoms with Crippen molar-refractivity contribution in [2.45, 2.75) is 110 Å². The standard InChI is InChI=1S/C27H42F2O/c1-19-14-17-27(29,30)18-22(19)11-10-21-9-7-16-26(5)23(12-13-24(21)26)20(2)8-6-15-25(3,4)28/h10-11,20,23-24,30H,1,6-9,12-18H2,2-5H3/b21-10+,22-11-/t20-,23-,24?,26-,27+/m1/s1. The number of alkyl halides is 2. The van der Waals surface area contributed by atoms with Crippen LogP contribution in [0, 0.1) is 23.2 Å². The zero-order valence-corrected chi connectivity index (χ0v) is 19.6. The van der Waals surface area contributed by atoms with Gasteiger partial charge in [-0.15, -0.1) is 0 Å². The van der Waals surface area contributed by atoms with E-state index >= 15 is 0 Å². The lowest BCUT2D eigenvalue weighted by Crippen LogP contribution is -2.36. The molecule has 1 nitrogen and oxygen atoms in total. The molecule has 3 fully saturated rings.